The number of hydrogen-bond acceptors (Lipinski definition) is 5. The SMILES string of the molecule is COc1ccc2c(c1)c(C1=CC3C(N=Cc4cnc([C@@H]5CCNC5)n43)N1)cn2C. The molecule has 3 aliphatic heterocycles. The highest BCUT2D eigenvalue weighted by Gasteiger charge is 2.36. The lowest BCUT2D eigenvalue weighted by Crippen LogP contribution is -2.33. The van der Waals surface area contributed by atoms with E-state index in [9.17, 15) is 0 Å². The van der Waals surface area contributed by atoms with Crippen molar-refractivity contribution in [2.24, 2.45) is 12.0 Å². The average Bonchev–Trinajstić information content (AvgIpc) is 3.51. The van der Waals surface area contributed by atoms with Gasteiger partial charge in [0.05, 0.1) is 25.0 Å². The number of ether oxygens (including phenoxy) is 1. The van der Waals surface area contributed by atoms with E-state index in [2.05, 4.69) is 51.2 Å². The van der Waals surface area contributed by atoms with Crippen LogP contribution in [0.25, 0.3) is 16.6 Å². The summed E-state index contributed by atoms with van der Waals surface area (Å²) >= 11 is 0. The number of aryl methyl sites for hydroxylation is 1. The van der Waals surface area contributed by atoms with Gasteiger partial charge in [-0.05, 0) is 37.2 Å². The summed E-state index contributed by atoms with van der Waals surface area (Å²) in [7, 11) is 3.79. The summed E-state index contributed by atoms with van der Waals surface area (Å²) in [4.78, 5) is 9.54. The second-order valence-electron chi connectivity index (χ2n) is 8.08. The van der Waals surface area contributed by atoms with E-state index in [1.54, 1.807) is 7.11 Å². The molecule has 2 unspecified atom stereocenters. The summed E-state index contributed by atoms with van der Waals surface area (Å²) < 4.78 is 10.0. The predicted octanol–water partition coefficient (Wildman–Crippen LogP) is 2.40. The molecule has 1 fully saturated rings. The van der Waals surface area contributed by atoms with Gasteiger partial charge in [0, 0.05) is 54.1 Å². The van der Waals surface area contributed by atoms with Crippen molar-refractivity contribution in [3.8, 4) is 5.75 Å². The lowest BCUT2D eigenvalue weighted by Gasteiger charge is -2.26. The predicted molar refractivity (Wildman–Crippen MR) is 113 cm³/mol. The number of fused-ring (bicyclic) bond motifs is 4. The van der Waals surface area contributed by atoms with Crippen molar-refractivity contribution in [1.29, 1.82) is 0 Å². The summed E-state index contributed by atoms with van der Waals surface area (Å²) in [5, 5.41) is 8.29. The van der Waals surface area contributed by atoms with Gasteiger partial charge in [0.15, 0.2) is 0 Å². The van der Waals surface area contributed by atoms with E-state index < -0.39 is 0 Å². The van der Waals surface area contributed by atoms with Crippen molar-refractivity contribution < 1.29 is 4.74 Å². The number of imidazole rings is 1. The fourth-order valence-electron chi connectivity index (χ4n) is 4.92. The first-order valence-corrected chi connectivity index (χ1v) is 10.2. The number of nitrogens with zero attached hydrogens (tertiary/aromatic N) is 4. The molecule has 3 aliphatic rings. The van der Waals surface area contributed by atoms with E-state index in [4.69, 9.17) is 14.7 Å². The highest BCUT2D eigenvalue weighted by Crippen LogP contribution is 2.38. The molecule has 29 heavy (non-hydrogen) atoms. The van der Waals surface area contributed by atoms with E-state index in [0.717, 1.165) is 36.7 Å². The summed E-state index contributed by atoms with van der Waals surface area (Å²) in [6, 6.07) is 6.37. The Morgan fingerprint density at radius 2 is 2.21 bits per heavy atom. The average molecular weight is 388 g/mol. The van der Waals surface area contributed by atoms with E-state index in [-0.39, 0.29) is 12.2 Å². The molecule has 2 N–H and O–H groups in total. The minimum Gasteiger partial charge on any atom is -0.497 e. The number of rotatable bonds is 3. The molecule has 7 heteroatoms. The number of benzene rings is 1. The fraction of sp³-hybridized carbons (Fsp3) is 0.364. The molecule has 0 amide bonds. The van der Waals surface area contributed by atoms with Gasteiger partial charge in [-0.3, -0.25) is 4.99 Å². The minimum atomic E-state index is 0.000626. The van der Waals surface area contributed by atoms with Gasteiger partial charge in [0.1, 0.15) is 17.7 Å². The summed E-state index contributed by atoms with van der Waals surface area (Å²) in [5.74, 6) is 2.51. The van der Waals surface area contributed by atoms with Crippen LogP contribution in [0, 0.1) is 0 Å². The van der Waals surface area contributed by atoms with Crippen LogP contribution >= 0.6 is 0 Å². The quantitative estimate of drug-likeness (QED) is 0.723. The Morgan fingerprint density at radius 1 is 1.28 bits per heavy atom. The zero-order valence-electron chi connectivity index (χ0n) is 16.6. The molecule has 7 nitrogen and oxygen atoms in total. The fourth-order valence-corrected chi connectivity index (χ4v) is 4.92. The van der Waals surface area contributed by atoms with Crippen LogP contribution in [0.4, 0.5) is 0 Å². The summed E-state index contributed by atoms with van der Waals surface area (Å²) in [5.41, 5.74) is 4.57. The molecular weight excluding hydrogens is 364 g/mol. The standard InChI is InChI=1S/C22H24N6O/c1-27-12-17(16-7-15(29-2)3-4-19(16)27)18-8-20-21(26-18)24-10-14-11-25-22(28(14)20)13-5-6-23-9-13/h3-4,7-8,10-13,20-21,23,26H,5-6,9H2,1-2H3/t13-,20?,21?/m1/s1. The third-order valence-corrected chi connectivity index (χ3v) is 6.40. The van der Waals surface area contributed by atoms with Crippen molar-refractivity contribution in [3.63, 3.8) is 0 Å². The van der Waals surface area contributed by atoms with Gasteiger partial charge < -0.3 is 24.5 Å². The zero-order valence-corrected chi connectivity index (χ0v) is 16.6. The molecule has 6 rings (SSSR count). The van der Waals surface area contributed by atoms with Crippen LogP contribution in [-0.2, 0) is 7.05 Å². The Hall–Kier alpha value is -3.06. The third kappa shape index (κ3) is 2.47. The number of hydrogen-bond donors (Lipinski definition) is 2. The molecule has 2 aromatic heterocycles. The Bertz CT molecular complexity index is 1160. The highest BCUT2D eigenvalue weighted by molar-refractivity contribution is 5.94. The van der Waals surface area contributed by atoms with Crippen LogP contribution in [0.2, 0.25) is 0 Å². The summed E-state index contributed by atoms with van der Waals surface area (Å²) in [6.45, 7) is 2.06. The maximum absolute atomic E-state index is 5.46. The monoisotopic (exact) mass is 388 g/mol. The number of aliphatic imine (C=N–C) groups is 1. The van der Waals surface area contributed by atoms with Crippen LogP contribution in [0.1, 0.15) is 35.5 Å². The van der Waals surface area contributed by atoms with Crippen molar-refractivity contribution in [3.05, 3.63) is 53.8 Å². The van der Waals surface area contributed by atoms with Crippen LogP contribution in [-0.4, -0.2) is 46.7 Å². The molecule has 0 saturated carbocycles. The number of methoxy groups -OCH3 is 1. The first-order chi connectivity index (χ1) is 14.2. The Morgan fingerprint density at radius 3 is 3.03 bits per heavy atom. The highest BCUT2D eigenvalue weighted by atomic mass is 16.5. The van der Waals surface area contributed by atoms with Gasteiger partial charge in [-0.25, -0.2) is 4.98 Å². The largest absolute Gasteiger partial charge is 0.497 e. The molecule has 3 atom stereocenters. The lowest BCUT2D eigenvalue weighted by atomic mass is 10.1. The van der Waals surface area contributed by atoms with Gasteiger partial charge in [-0.2, -0.15) is 0 Å². The van der Waals surface area contributed by atoms with E-state index in [1.165, 1.54) is 22.3 Å². The van der Waals surface area contributed by atoms with Gasteiger partial charge in [-0.1, -0.05) is 0 Å². The van der Waals surface area contributed by atoms with Gasteiger partial charge in [0.2, 0.25) is 0 Å². The van der Waals surface area contributed by atoms with Crippen LogP contribution in [0.3, 0.4) is 0 Å². The Labute approximate surface area is 169 Å². The first-order valence-electron chi connectivity index (χ1n) is 10.2. The maximum Gasteiger partial charge on any atom is 0.143 e. The molecule has 0 aliphatic carbocycles. The molecule has 148 valence electrons. The van der Waals surface area contributed by atoms with E-state index >= 15 is 0 Å². The van der Waals surface area contributed by atoms with Crippen molar-refractivity contribution in [2.75, 3.05) is 20.2 Å². The normalized spacial score (nSPS) is 25.0. The van der Waals surface area contributed by atoms with Crippen LogP contribution in [0.5, 0.6) is 5.75 Å². The molecule has 5 heterocycles. The molecule has 0 radical (unpaired) electrons. The van der Waals surface area contributed by atoms with Crippen molar-refractivity contribution in [1.82, 2.24) is 24.8 Å². The Balaban J connectivity index is 1.45. The topological polar surface area (TPSA) is 68.4 Å². The minimum absolute atomic E-state index is 0.000626. The molecule has 3 aromatic rings. The molecule has 0 spiro atoms. The molecule has 0 bridgehead atoms. The second kappa shape index (κ2) is 6.22. The number of nitrogens with one attached hydrogen (secondary N) is 2. The lowest BCUT2D eigenvalue weighted by molar-refractivity contribution is 0.415. The molecule has 1 aromatic carbocycles. The first kappa shape index (κ1) is 16.9. The van der Waals surface area contributed by atoms with Gasteiger partial charge in [0.25, 0.3) is 0 Å². The Kier molecular flexibility index (Phi) is 3.61. The smallest absolute Gasteiger partial charge is 0.143 e. The van der Waals surface area contributed by atoms with Crippen LogP contribution < -0.4 is 15.4 Å². The van der Waals surface area contributed by atoms with Crippen LogP contribution in [0.15, 0.2) is 41.7 Å². The second-order valence-corrected chi connectivity index (χ2v) is 8.08. The molecule has 1 saturated heterocycles. The zero-order chi connectivity index (χ0) is 19.5. The third-order valence-electron chi connectivity index (χ3n) is 6.40. The van der Waals surface area contributed by atoms with Crippen molar-refractivity contribution in [2.45, 2.75) is 24.5 Å². The van der Waals surface area contributed by atoms with E-state index in [0.29, 0.717) is 5.92 Å². The number of aromatic nitrogens is 3. The van der Waals surface area contributed by atoms with E-state index in [1.807, 2.05) is 18.5 Å². The van der Waals surface area contributed by atoms with Gasteiger partial charge >= 0.3 is 0 Å². The van der Waals surface area contributed by atoms with Crippen molar-refractivity contribution >= 4 is 22.8 Å². The maximum atomic E-state index is 5.46. The van der Waals surface area contributed by atoms with Gasteiger partial charge in [-0.15, -0.1) is 0 Å². The summed E-state index contributed by atoms with van der Waals surface area (Å²) in [6.07, 6.45) is 9.55. The molecular formula is C22H24N6O.